The molecule has 116 valence electrons. The molecule has 1 heterocycles. The van der Waals surface area contributed by atoms with Gasteiger partial charge in [0.05, 0.1) is 0 Å². The van der Waals surface area contributed by atoms with Gasteiger partial charge in [-0.05, 0) is 55.8 Å². The molecule has 1 aliphatic carbocycles. The van der Waals surface area contributed by atoms with Crippen LogP contribution in [0.4, 0.5) is 0 Å². The molecular formula is C16H22Cl2N2O. The predicted octanol–water partition coefficient (Wildman–Crippen LogP) is 3.06. The van der Waals surface area contributed by atoms with Crippen molar-refractivity contribution in [2.75, 3.05) is 13.1 Å². The van der Waals surface area contributed by atoms with Gasteiger partial charge in [0.1, 0.15) is 0 Å². The second-order valence-corrected chi connectivity index (χ2v) is 6.62. The van der Waals surface area contributed by atoms with Gasteiger partial charge in [-0.1, -0.05) is 23.7 Å². The lowest BCUT2D eigenvalue weighted by Crippen LogP contribution is -2.35. The van der Waals surface area contributed by atoms with Crippen molar-refractivity contribution in [2.45, 2.75) is 31.7 Å². The van der Waals surface area contributed by atoms with Crippen molar-refractivity contribution >= 4 is 29.9 Å². The number of likely N-dealkylation sites (tertiary alicyclic amines) is 1. The van der Waals surface area contributed by atoms with E-state index in [0.29, 0.717) is 30.3 Å². The van der Waals surface area contributed by atoms with E-state index in [0.717, 1.165) is 24.4 Å². The molecule has 1 aromatic carbocycles. The summed E-state index contributed by atoms with van der Waals surface area (Å²) in [5.74, 6) is 1.27. The molecule has 5 heteroatoms. The highest BCUT2D eigenvalue weighted by molar-refractivity contribution is 6.30. The summed E-state index contributed by atoms with van der Waals surface area (Å²) >= 11 is 6.02. The Kier molecular flexibility index (Phi) is 5.18. The van der Waals surface area contributed by atoms with E-state index < -0.39 is 0 Å². The normalized spacial score (nSPS) is 30.9. The highest BCUT2D eigenvalue weighted by Gasteiger charge is 2.47. The second kappa shape index (κ2) is 6.55. The molecule has 0 bridgehead atoms. The van der Waals surface area contributed by atoms with E-state index in [4.69, 9.17) is 17.3 Å². The number of carbonyl (C=O) groups excluding carboxylic acids is 1. The molecule has 2 aliphatic rings. The van der Waals surface area contributed by atoms with Crippen LogP contribution in [0, 0.1) is 11.8 Å². The van der Waals surface area contributed by atoms with Crippen LogP contribution in [-0.2, 0) is 4.79 Å². The molecule has 4 atom stereocenters. The Hall–Kier alpha value is -0.770. The van der Waals surface area contributed by atoms with Gasteiger partial charge in [-0.25, -0.2) is 0 Å². The number of carbonyl (C=O) groups is 1. The molecule has 0 spiro atoms. The standard InChI is InChI=1S/C16H21ClN2O.ClH/c1-10-5-11(8-18)9-19(10)16(20)15-7-14(15)12-3-2-4-13(17)6-12;/h2-4,6,10-11,14-15H,5,7-9,18H2,1H3;1H. The van der Waals surface area contributed by atoms with Gasteiger partial charge in [0, 0.05) is 23.5 Å². The van der Waals surface area contributed by atoms with E-state index in [-0.39, 0.29) is 18.3 Å². The Labute approximate surface area is 137 Å². The van der Waals surface area contributed by atoms with Crippen LogP contribution in [0.3, 0.4) is 0 Å². The summed E-state index contributed by atoms with van der Waals surface area (Å²) in [6, 6.07) is 8.21. The zero-order chi connectivity index (χ0) is 14.3. The maximum Gasteiger partial charge on any atom is 0.226 e. The number of benzene rings is 1. The molecule has 2 N–H and O–H groups in total. The third-order valence-electron chi connectivity index (χ3n) is 4.66. The van der Waals surface area contributed by atoms with E-state index in [1.807, 2.05) is 23.1 Å². The van der Waals surface area contributed by atoms with Crippen LogP contribution in [0.15, 0.2) is 24.3 Å². The van der Waals surface area contributed by atoms with Crippen LogP contribution in [0.5, 0.6) is 0 Å². The van der Waals surface area contributed by atoms with E-state index in [1.54, 1.807) is 0 Å². The number of halogens is 2. The van der Waals surface area contributed by atoms with Crippen LogP contribution >= 0.6 is 24.0 Å². The Balaban J connectivity index is 0.00000161. The molecule has 1 saturated heterocycles. The Morgan fingerprint density at radius 1 is 1.43 bits per heavy atom. The molecule has 2 fully saturated rings. The van der Waals surface area contributed by atoms with Crippen molar-refractivity contribution in [3.8, 4) is 0 Å². The molecule has 0 aromatic heterocycles. The van der Waals surface area contributed by atoms with Crippen molar-refractivity contribution in [2.24, 2.45) is 17.6 Å². The average molecular weight is 329 g/mol. The van der Waals surface area contributed by atoms with E-state index >= 15 is 0 Å². The zero-order valence-electron chi connectivity index (χ0n) is 12.2. The van der Waals surface area contributed by atoms with Crippen molar-refractivity contribution in [3.05, 3.63) is 34.9 Å². The largest absolute Gasteiger partial charge is 0.339 e. The smallest absolute Gasteiger partial charge is 0.226 e. The molecule has 21 heavy (non-hydrogen) atoms. The van der Waals surface area contributed by atoms with Crippen LogP contribution < -0.4 is 5.73 Å². The molecule has 3 rings (SSSR count). The lowest BCUT2D eigenvalue weighted by Gasteiger charge is -2.21. The van der Waals surface area contributed by atoms with Gasteiger partial charge in [0.15, 0.2) is 0 Å². The van der Waals surface area contributed by atoms with Crippen LogP contribution in [0.25, 0.3) is 0 Å². The SMILES string of the molecule is CC1CC(CN)CN1C(=O)C1CC1c1cccc(Cl)c1.Cl. The van der Waals surface area contributed by atoms with Gasteiger partial charge in [-0.3, -0.25) is 4.79 Å². The Morgan fingerprint density at radius 3 is 2.81 bits per heavy atom. The van der Waals surface area contributed by atoms with E-state index in [1.165, 1.54) is 5.56 Å². The number of amides is 1. The van der Waals surface area contributed by atoms with Crippen LogP contribution in [0.2, 0.25) is 5.02 Å². The Morgan fingerprint density at radius 2 is 2.19 bits per heavy atom. The highest BCUT2D eigenvalue weighted by atomic mass is 35.5. The quantitative estimate of drug-likeness (QED) is 0.926. The van der Waals surface area contributed by atoms with E-state index in [9.17, 15) is 4.79 Å². The first kappa shape index (κ1) is 16.6. The molecular weight excluding hydrogens is 307 g/mol. The summed E-state index contributed by atoms with van der Waals surface area (Å²) < 4.78 is 0. The third kappa shape index (κ3) is 3.36. The molecule has 1 saturated carbocycles. The van der Waals surface area contributed by atoms with Gasteiger partial charge in [-0.15, -0.1) is 12.4 Å². The maximum atomic E-state index is 12.6. The lowest BCUT2D eigenvalue weighted by atomic mass is 10.1. The van der Waals surface area contributed by atoms with Gasteiger partial charge in [0.2, 0.25) is 5.91 Å². The van der Waals surface area contributed by atoms with Gasteiger partial charge >= 0.3 is 0 Å². The minimum atomic E-state index is 0. The lowest BCUT2D eigenvalue weighted by molar-refractivity contribution is -0.133. The minimum Gasteiger partial charge on any atom is -0.339 e. The second-order valence-electron chi connectivity index (χ2n) is 6.18. The zero-order valence-corrected chi connectivity index (χ0v) is 13.7. The third-order valence-corrected chi connectivity index (χ3v) is 4.90. The monoisotopic (exact) mass is 328 g/mol. The van der Waals surface area contributed by atoms with Crippen molar-refractivity contribution < 1.29 is 4.79 Å². The van der Waals surface area contributed by atoms with E-state index in [2.05, 4.69) is 13.0 Å². The minimum absolute atomic E-state index is 0. The number of hydrogen-bond donors (Lipinski definition) is 1. The fraction of sp³-hybridized carbons (Fsp3) is 0.562. The predicted molar refractivity (Wildman–Crippen MR) is 87.9 cm³/mol. The highest BCUT2D eigenvalue weighted by Crippen LogP contribution is 2.49. The molecule has 0 radical (unpaired) electrons. The summed E-state index contributed by atoms with van der Waals surface area (Å²) in [6.45, 7) is 3.64. The summed E-state index contributed by atoms with van der Waals surface area (Å²) in [6.07, 6.45) is 1.99. The van der Waals surface area contributed by atoms with Crippen molar-refractivity contribution in [3.63, 3.8) is 0 Å². The fourth-order valence-electron chi connectivity index (χ4n) is 3.41. The number of nitrogens with two attached hydrogens (primary N) is 1. The first-order chi connectivity index (χ1) is 9.60. The number of rotatable bonds is 3. The first-order valence-electron chi connectivity index (χ1n) is 7.36. The number of hydrogen-bond acceptors (Lipinski definition) is 2. The molecule has 1 amide bonds. The molecule has 1 aromatic rings. The summed E-state index contributed by atoms with van der Waals surface area (Å²) in [4.78, 5) is 14.6. The topological polar surface area (TPSA) is 46.3 Å². The van der Waals surface area contributed by atoms with Crippen LogP contribution in [0.1, 0.15) is 31.2 Å². The summed E-state index contributed by atoms with van der Waals surface area (Å²) in [5.41, 5.74) is 6.93. The summed E-state index contributed by atoms with van der Waals surface area (Å²) in [5, 5.41) is 0.748. The average Bonchev–Trinajstić information content (AvgIpc) is 3.15. The molecule has 1 aliphatic heterocycles. The Bertz CT molecular complexity index is 523. The van der Waals surface area contributed by atoms with Crippen molar-refractivity contribution in [1.29, 1.82) is 0 Å². The number of nitrogens with zero attached hydrogens (tertiary/aromatic N) is 1. The summed E-state index contributed by atoms with van der Waals surface area (Å²) in [7, 11) is 0. The van der Waals surface area contributed by atoms with Gasteiger partial charge < -0.3 is 10.6 Å². The maximum absolute atomic E-state index is 12.6. The van der Waals surface area contributed by atoms with Crippen LogP contribution in [-0.4, -0.2) is 29.9 Å². The van der Waals surface area contributed by atoms with Crippen molar-refractivity contribution in [1.82, 2.24) is 4.90 Å². The van der Waals surface area contributed by atoms with Gasteiger partial charge in [-0.2, -0.15) is 0 Å². The first-order valence-corrected chi connectivity index (χ1v) is 7.74. The molecule has 4 unspecified atom stereocenters. The molecule has 3 nitrogen and oxygen atoms in total. The fourth-order valence-corrected chi connectivity index (χ4v) is 3.61. The van der Waals surface area contributed by atoms with Gasteiger partial charge in [0.25, 0.3) is 0 Å².